The maximum absolute atomic E-state index is 13.4. The summed E-state index contributed by atoms with van der Waals surface area (Å²) < 4.78 is 9.25. The van der Waals surface area contributed by atoms with Gasteiger partial charge in [-0.25, -0.2) is 14.3 Å². The van der Waals surface area contributed by atoms with Gasteiger partial charge >= 0.3 is 0 Å². The minimum atomic E-state index is -0.150. The lowest BCUT2D eigenvalue weighted by molar-refractivity contribution is 0.271. The molecule has 1 fully saturated rings. The monoisotopic (exact) mass is 495 g/mol. The Bertz CT molecular complexity index is 1600. The summed E-state index contributed by atoms with van der Waals surface area (Å²) in [5, 5.41) is 3.82. The van der Waals surface area contributed by atoms with E-state index in [4.69, 9.17) is 9.72 Å². The number of nitrogens with zero attached hydrogens (tertiary/aromatic N) is 6. The lowest BCUT2D eigenvalue weighted by Gasteiger charge is -2.32. The van der Waals surface area contributed by atoms with Gasteiger partial charge in [0.25, 0.3) is 5.56 Å². The van der Waals surface area contributed by atoms with Crippen LogP contribution in [0.25, 0.3) is 16.9 Å². The zero-order valence-corrected chi connectivity index (χ0v) is 20.9. The van der Waals surface area contributed by atoms with Gasteiger partial charge in [0, 0.05) is 36.5 Å². The molecule has 0 amide bonds. The van der Waals surface area contributed by atoms with Crippen LogP contribution in [0.1, 0.15) is 36.8 Å². The zero-order valence-electron chi connectivity index (χ0n) is 20.9. The van der Waals surface area contributed by atoms with Gasteiger partial charge in [-0.15, -0.1) is 0 Å². The second-order valence-corrected chi connectivity index (χ2v) is 10.4. The maximum Gasteiger partial charge on any atom is 0.278 e. The molecule has 0 unspecified atom stereocenters. The van der Waals surface area contributed by atoms with Crippen molar-refractivity contribution in [2.75, 3.05) is 25.5 Å². The molecule has 7 rings (SSSR count). The fourth-order valence-electron chi connectivity index (χ4n) is 5.73. The summed E-state index contributed by atoms with van der Waals surface area (Å²) >= 11 is 0. The van der Waals surface area contributed by atoms with Crippen molar-refractivity contribution >= 4 is 22.7 Å². The van der Waals surface area contributed by atoms with Crippen LogP contribution in [0.3, 0.4) is 0 Å². The Labute approximate surface area is 214 Å². The van der Waals surface area contributed by atoms with E-state index in [1.165, 1.54) is 24.0 Å². The SMILES string of the molecule is CN1Cc2cc(Nc3ncc4c(=O)n5n(c4n3)-c3cccc(n3)OCCC/C=C\C5)ccc2C2(CC2)C1. The molecule has 1 aromatic carbocycles. The van der Waals surface area contributed by atoms with Crippen LogP contribution in [0.15, 0.2) is 59.5 Å². The molecule has 0 saturated heterocycles. The third kappa shape index (κ3) is 3.90. The lowest BCUT2D eigenvalue weighted by atomic mass is 9.87. The van der Waals surface area contributed by atoms with E-state index in [2.05, 4.69) is 51.5 Å². The number of allylic oxidation sites excluding steroid dienone is 2. The van der Waals surface area contributed by atoms with Crippen LogP contribution in [-0.4, -0.2) is 49.4 Å². The van der Waals surface area contributed by atoms with Gasteiger partial charge in [-0.1, -0.05) is 24.3 Å². The molecule has 1 saturated carbocycles. The van der Waals surface area contributed by atoms with Crippen LogP contribution in [0.4, 0.5) is 11.6 Å². The molecular formula is C28H29N7O2. The predicted octanol–water partition coefficient (Wildman–Crippen LogP) is 3.93. The molecule has 0 atom stereocenters. The Kier molecular flexibility index (Phi) is 5.14. The van der Waals surface area contributed by atoms with Gasteiger partial charge in [0.2, 0.25) is 11.8 Å². The van der Waals surface area contributed by atoms with Crippen LogP contribution in [0.5, 0.6) is 5.88 Å². The van der Waals surface area contributed by atoms with Gasteiger partial charge in [0.1, 0.15) is 5.39 Å². The Balaban J connectivity index is 1.30. The molecule has 4 aromatic rings. The molecule has 188 valence electrons. The average molecular weight is 496 g/mol. The molecular weight excluding hydrogens is 466 g/mol. The van der Waals surface area contributed by atoms with Gasteiger partial charge in [-0.2, -0.15) is 9.97 Å². The number of benzene rings is 1. The highest BCUT2D eigenvalue weighted by Gasteiger charge is 2.48. The summed E-state index contributed by atoms with van der Waals surface area (Å²) in [6, 6.07) is 12.2. The number of hydrogen-bond donors (Lipinski definition) is 1. The molecule has 9 heteroatoms. The molecule has 1 aliphatic carbocycles. The summed E-state index contributed by atoms with van der Waals surface area (Å²) in [5.41, 5.74) is 4.48. The van der Waals surface area contributed by atoms with Crippen LogP contribution < -0.4 is 15.6 Å². The third-order valence-electron chi connectivity index (χ3n) is 7.61. The fourth-order valence-corrected chi connectivity index (χ4v) is 5.73. The van der Waals surface area contributed by atoms with Crippen molar-refractivity contribution in [3.8, 4) is 11.7 Å². The highest BCUT2D eigenvalue weighted by Crippen LogP contribution is 2.52. The lowest BCUT2D eigenvalue weighted by Crippen LogP contribution is -2.35. The van der Waals surface area contributed by atoms with Crippen LogP contribution in [0.2, 0.25) is 0 Å². The fraction of sp³-hybridized carbons (Fsp3) is 0.357. The number of fused-ring (bicyclic) bond motifs is 8. The standard InChI is InChI=1S/C28H29N7O2/c1-33-17-19-15-20(9-10-22(19)28(18-33)11-12-28)30-27-29-16-21-25(32-27)35-23-7-6-8-24(31-23)37-14-5-3-2-4-13-34(35)26(21)36/h2,4,6-10,15-16H,3,5,11-14,17-18H2,1H3,(H,29,30,32)/b4-2-. The molecule has 9 nitrogen and oxygen atoms in total. The van der Waals surface area contributed by atoms with Crippen molar-refractivity contribution in [1.29, 1.82) is 0 Å². The molecule has 0 radical (unpaired) electrons. The van der Waals surface area contributed by atoms with Gasteiger partial charge in [-0.3, -0.25) is 4.79 Å². The number of likely N-dealkylation sites (N-methyl/N-ethyl adjacent to an activating group) is 1. The van der Waals surface area contributed by atoms with E-state index in [0.717, 1.165) is 31.6 Å². The molecule has 2 aliphatic heterocycles. The Morgan fingerprint density at radius 1 is 1.11 bits per heavy atom. The zero-order chi connectivity index (χ0) is 25.0. The van der Waals surface area contributed by atoms with Crippen molar-refractivity contribution in [3.63, 3.8) is 0 Å². The van der Waals surface area contributed by atoms with Crippen molar-refractivity contribution in [2.45, 2.75) is 44.2 Å². The van der Waals surface area contributed by atoms with Crippen LogP contribution in [0, 0.1) is 0 Å². The van der Waals surface area contributed by atoms with Crippen LogP contribution >= 0.6 is 0 Å². The van der Waals surface area contributed by atoms with Crippen molar-refractivity contribution in [1.82, 2.24) is 29.2 Å². The molecule has 2 bridgehead atoms. The number of ether oxygens (including phenoxy) is 1. The summed E-state index contributed by atoms with van der Waals surface area (Å²) in [5.74, 6) is 1.55. The normalized spacial score (nSPS) is 19.3. The van der Waals surface area contributed by atoms with Crippen molar-refractivity contribution in [3.05, 3.63) is 76.2 Å². The number of aromatic nitrogens is 5. The van der Waals surface area contributed by atoms with E-state index in [9.17, 15) is 4.79 Å². The van der Waals surface area contributed by atoms with Crippen molar-refractivity contribution < 1.29 is 4.74 Å². The summed E-state index contributed by atoms with van der Waals surface area (Å²) in [6.07, 6.45) is 9.99. The third-order valence-corrected chi connectivity index (χ3v) is 7.61. The first-order valence-electron chi connectivity index (χ1n) is 12.9. The summed E-state index contributed by atoms with van der Waals surface area (Å²) in [4.78, 5) is 29.7. The number of rotatable bonds is 2. The minimum absolute atomic E-state index is 0.150. The molecule has 1 N–H and O–H groups in total. The highest BCUT2D eigenvalue weighted by molar-refractivity contribution is 5.77. The summed E-state index contributed by atoms with van der Waals surface area (Å²) in [6.45, 7) is 3.09. The predicted molar refractivity (Wildman–Crippen MR) is 142 cm³/mol. The first-order valence-corrected chi connectivity index (χ1v) is 12.9. The topological polar surface area (TPSA) is 90.1 Å². The van der Waals surface area contributed by atoms with E-state index in [1.807, 2.05) is 24.3 Å². The number of pyridine rings is 1. The van der Waals surface area contributed by atoms with E-state index in [-0.39, 0.29) is 5.56 Å². The number of anilines is 2. The second kappa shape index (κ2) is 8.55. The molecule has 1 spiro atoms. The van der Waals surface area contributed by atoms with Crippen molar-refractivity contribution in [2.24, 2.45) is 0 Å². The number of hydrogen-bond acceptors (Lipinski definition) is 7. The second-order valence-electron chi connectivity index (χ2n) is 10.4. The molecule has 3 aliphatic rings. The molecule has 3 aromatic heterocycles. The average Bonchev–Trinajstić information content (AvgIpc) is 3.59. The Morgan fingerprint density at radius 3 is 2.92 bits per heavy atom. The van der Waals surface area contributed by atoms with Gasteiger partial charge < -0.3 is 15.0 Å². The first kappa shape index (κ1) is 22.2. The van der Waals surface area contributed by atoms with Crippen LogP contribution in [-0.2, 0) is 18.5 Å². The van der Waals surface area contributed by atoms with E-state index in [0.29, 0.717) is 47.2 Å². The maximum atomic E-state index is 13.4. The van der Waals surface area contributed by atoms with Gasteiger partial charge in [0.15, 0.2) is 11.5 Å². The minimum Gasteiger partial charge on any atom is -0.478 e. The summed E-state index contributed by atoms with van der Waals surface area (Å²) in [7, 11) is 2.19. The van der Waals surface area contributed by atoms with E-state index >= 15 is 0 Å². The van der Waals surface area contributed by atoms with E-state index in [1.54, 1.807) is 15.6 Å². The van der Waals surface area contributed by atoms with E-state index < -0.39 is 0 Å². The largest absolute Gasteiger partial charge is 0.478 e. The smallest absolute Gasteiger partial charge is 0.278 e. The molecule has 37 heavy (non-hydrogen) atoms. The molecule has 5 heterocycles. The van der Waals surface area contributed by atoms with Gasteiger partial charge in [-0.05, 0) is 62.1 Å². The Hall–Kier alpha value is -3.98. The number of nitrogens with one attached hydrogen (secondary N) is 1. The van der Waals surface area contributed by atoms with Gasteiger partial charge in [0.05, 0.1) is 13.2 Å². The quantitative estimate of drug-likeness (QED) is 0.422. The highest BCUT2D eigenvalue weighted by atomic mass is 16.5. The Morgan fingerprint density at radius 2 is 2.03 bits per heavy atom. The first-order chi connectivity index (χ1) is 18.1.